The van der Waals surface area contributed by atoms with Crippen LogP contribution in [0.4, 0.5) is 9.59 Å². The molecule has 1 aromatic carbocycles. The predicted molar refractivity (Wildman–Crippen MR) is 147 cm³/mol. The molecule has 1 N–H and O–H groups in total. The number of carbonyl (C=O) groups is 3. The van der Waals surface area contributed by atoms with Gasteiger partial charge >= 0.3 is 12.2 Å². The zero-order valence-electron chi connectivity index (χ0n) is 23.7. The Labute approximate surface area is 224 Å². The van der Waals surface area contributed by atoms with E-state index in [0.717, 1.165) is 69.9 Å². The molecule has 0 spiro atoms. The van der Waals surface area contributed by atoms with Crippen LogP contribution in [0.1, 0.15) is 90.5 Å². The van der Waals surface area contributed by atoms with Crippen molar-refractivity contribution in [3.63, 3.8) is 0 Å². The third-order valence-electron chi connectivity index (χ3n) is 5.92. The number of ether oxygens (including phenoxy) is 2. The predicted octanol–water partition coefficient (Wildman–Crippen LogP) is 6.14. The number of hydrogen-bond acceptors (Lipinski definition) is 5. The quantitative estimate of drug-likeness (QED) is 0.250. The second-order valence-electron chi connectivity index (χ2n) is 10.6. The van der Waals surface area contributed by atoms with Gasteiger partial charge in [0.25, 0.3) is 0 Å². The lowest BCUT2D eigenvalue weighted by atomic mass is 10.1. The second kappa shape index (κ2) is 18.5. The maximum Gasteiger partial charge on any atom is 0.409 e. The molecule has 0 fully saturated rings. The smallest absolute Gasteiger partial charge is 0.409 e. The minimum atomic E-state index is -0.488. The van der Waals surface area contributed by atoms with Crippen LogP contribution in [0.25, 0.3) is 0 Å². The van der Waals surface area contributed by atoms with Crippen LogP contribution in [0, 0.1) is 0 Å². The summed E-state index contributed by atoms with van der Waals surface area (Å²) in [5, 5.41) is 2.74. The van der Waals surface area contributed by atoms with Gasteiger partial charge in [-0.2, -0.15) is 0 Å². The molecule has 1 rings (SSSR count). The van der Waals surface area contributed by atoms with E-state index in [1.54, 1.807) is 11.9 Å². The highest BCUT2D eigenvalue weighted by Gasteiger charge is 2.15. The van der Waals surface area contributed by atoms with Crippen molar-refractivity contribution in [2.45, 2.75) is 97.2 Å². The topological polar surface area (TPSA) is 88.2 Å². The monoisotopic (exact) mass is 519 g/mol. The first-order valence-corrected chi connectivity index (χ1v) is 13.7. The van der Waals surface area contributed by atoms with E-state index in [1.165, 1.54) is 0 Å². The molecule has 1 aromatic rings. The lowest BCUT2D eigenvalue weighted by Crippen LogP contribution is -2.33. The number of hydrogen-bond donors (Lipinski definition) is 1. The van der Waals surface area contributed by atoms with Gasteiger partial charge in [0.15, 0.2) is 0 Å². The maximum atomic E-state index is 12.3. The van der Waals surface area contributed by atoms with E-state index < -0.39 is 11.7 Å². The van der Waals surface area contributed by atoms with Crippen molar-refractivity contribution in [1.82, 2.24) is 15.1 Å². The Bertz CT molecular complexity index is 779. The van der Waals surface area contributed by atoms with Crippen LogP contribution >= 0.6 is 0 Å². The number of alkyl carbamates (subject to hydrolysis) is 1. The molecule has 37 heavy (non-hydrogen) atoms. The SMILES string of the molecule is CN(CCCCCCCCN(C)C(=O)OCc1ccccc1)C(=O)CCCCCNC(=O)OC(C)(C)C. The first kappa shape index (κ1) is 32.3. The first-order chi connectivity index (χ1) is 17.6. The van der Waals surface area contributed by atoms with Gasteiger partial charge in [-0.25, -0.2) is 9.59 Å². The molecule has 8 nitrogen and oxygen atoms in total. The molecule has 0 radical (unpaired) electrons. The molecule has 0 atom stereocenters. The van der Waals surface area contributed by atoms with Crippen molar-refractivity contribution in [2.24, 2.45) is 0 Å². The highest BCUT2D eigenvalue weighted by atomic mass is 16.6. The number of amides is 3. The van der Waals surface area contributed by atoms with E-state index in [0.29, 0.717) is 26.1 Å². The normalized spacial score (nSPS) is 11.1. The van der Waals surface area contributed by atoms with Gasteiger partial charge in [0.1, 0.15) is 12.2 Å². The minimum Gasteiger partial charge on any atom is -0.445 e. The average molecular weight is 520 g/mol. The summed E-state index contributed by atoms with van der Waals surface area (Å²) in [5.41, 5.74) is 0.500. The van der Waals surface area contributed by atoms with E-state index in [9.17, 15) is 14.4 Å². The fourth-order valence-corrected chi connectivity index (χ4v) is 3.72. The van der Waals surface area contributed by atoms with Crippen LogP contribution in [-0.4, -0.2) is 67.2 Å². The highest BCUT2D eigenvalue weighted by molar-refractivity contribution is 5.75. The number of nitrogens with one attached hydrogen (secondary N) is 1. The summed E-state index contributed by atoms with van der Waals surface area (Å²) in [5.74, 6) is 0.183. The summed E-state index contributed by atoms with van der Waals surface area (Å²) in [7, 11) is 3.65. The number of unbranched alkanes of at least 4 members (excludes halogenated alkanes) is 7. The lowest BCUT2D eigenvalue weighted by molar-refractivity contribution is -0.130. The van der Waals surface area contributed by atoms with Gasteiger partial charge in [-0.3, -0.25) is 4.79 Å². The van der Waals surface area contributed by atoms with Gasteiger partial charge in [0, 0.05) is 40.2 Å². The summed E-state index contributed by atoms with van der Waals surface area (Å²) in [6.45, 7) is 7.86. The maximum absolute atomic E-state index is 12.3. The Morgan fingerprint density at radius 1 is 0.784 bits per heavy atom. The third-order valence-corrected chi connectivity index (χ3v) is 5.92. The van der Waals surface area contributed by atoms with E-state index in [-0.39, 0.29) is 12.0 Å². The lowest BCUT2D eigenvalue weighted by Gasteiger charge is -2.19. The number of rotatable bonds is 17. The molecule has 8 heteroatoms. The Balaban J connectivity index is 1.95. The molecule has 3 amide bonds. The average Bonchev–Trinajstić information content (AvgIpc) is 2.85. The second-order valence-corrected chi connectivity index (χ2v) is 10.6. The fraction of sp³-hybridized carbons (Fsp3) is 0.690. The summed E-state index contributed by atoms with van der Waals surface area (Å²) in [6.07, 6.45) is 8.83. The zero-order valence-corrected chi connectivity index (χ0v) is 23.7. The van der Waals surface area contributed by atoms with Crippen molar-refractivity contribution in [3.05, 3.63) is 35.9 Å². The van der Waals surface area contributed by atoms with Gasteiger partial charge < -0.3 is 24.6 Å². The Morgan fingerprint density at radius 2 is 1.35 bits per heavy atom. The molecule has 0 bridgehead atoms. The highest BCUT2D eigenvalue weighted by Crippen LogP contribution is 2.10. The largest absolute Gasteiger partial charge is 0.445 e. The van der Waals surface area contributed by atoms with Gasteiger partial charge in [-0.1, -0.05) is 62.4 Å². The Kier molecular flexibility index (Phi) is 16.1. The van der Waals surface area contributed by atoms with Gasteiger partial charge in [-0.15, -0.1) is 0 Å². The van der Waals surface area contributed by atoms with Gasteiger partial charge in [0.2, 0.25) is 5.91 Å². The third kappa shape index (κ3) is 17.3. The van der Waals surface area contributed by atoms with Crippen LogP contribution in [0.3, 0.4) is 0 Å². The van der Waals surface area contributed by atoms with Gasteiger partial charge in [-0.05, 0) is 52.0 Å². The minimum absolute atomic E-state index is 0.183. The van der Waals surface area contributed by atoms with Crippen LogP contribution in [0.5, 0.6) is 0 Å². The van der Waals surface area contributed by atoms with E-state index >= 15 is 0 Å². The van der Waals surface area contributed by atoms with Crippen molar-refractivity contribution in [2.75, 3.05) is 33.7 Å². The number of benzene rings is 1. The molecule has 0 aliphatic heterocycles. The number of nitrogens with zero attached hydrogens (tertiary/aromatic N) is 2. The van der Waals surface area contributed by atoms with Crippen molar-refractivity contribution in [1.29, 1.82) is 0 Å². The van der Waals surface area contributed by atoms with Crippen molar-refractivity contribution in [3.8, 4) is 0 Å². The molecule has 0 saturated carbocycles. The van der Waals surface area contributed by atoms with Crippen molar-refractivity contribution < 1.29 is 23.9 Å². The summed E-state index contributed by atoms with van der Waals surface area (Å²) < 4.78 is 10.5. The summed E-state index contributed by atoms with van der Waals surface area (Å²) >= 11 is 0. The van der Waals surface area contributed by atoms with Crippen LogP contribution < -0.4 is 5.32 Å². The van der Waals surface area contributed by atoms with Crippen LogP contribution in [0.2, 0.25) is 0 Å². The molecule has 0 unspecified atom stereocenters. The van der Waals surface area contributed by atoms with Crippen LogP contribution in [-0.2, 0) is 20.9 Å². The molecular formula is C29H49N3O5. The van der Waals surface area contributed by atoms with Crippen molar-refractivity contribution >= 4 is 18.1 Å². The Morgan fingerprint density at radius 3 is 1.97 bits per heavy atom. The molecule has 0 aliphatic carbocycles. The van der Waals surface area contributed by atoms with E-state index in [2.05, 4.69) is 5.32 Å². The standard InChI is InChI=1S/C29H49N3O5/c1-29(2,3)37-27(34)30-21-15-11-14-20-26(33)31(4)22-16-8-6-7-9-17-23-32(5)28(35)36-24-25-18-12-10-13-19-25/h10,12-13,18-19H,6-9,11,14-17,20-24H2,1-5H3,(H,30,34). The van der Waals surface area contributed by atoms with E-state index in [1.807, 2.05) is 63.1 Å². The number of carbonyl (C=O) groups excluding carboxylic acids is 3. The molecular weight excluding hydrogens is 470 g/mol. The summed E-state index contributed by atoms with van der Waals surface area (Å²) in [6, 6.07) is 9.69. The zero-order chi connectivity index (χ0) is 27.5. The first-order valence-electron chi connectivity index (χ1n) is 13.7. The molecule has 0 heterocycles. The van der Waals surface area contributed by atoms with Gasteiger partial charge in [0.05, 0.1) is 0 Å². The fourth-order valence-electron chi connectivity index (χ4n) is 3.72. The molecule has 0 aliphatic rings. The van der Waals surface area contributed by atoms with E-state index in [4.69, 9.17) is 9.47 Å². The molecule has 210 valence electrons. The molecule has 0 saturated heterocycles. The molecule has 0 aromatic heterocycles. The Hall–Kier alpha value is -2.77. The van der Waals surface area contributed by atoms with Crippen LogP contribution in [0.15, 0.2) is 30.3 Å². The summed E-state index contributed by atoms with van der Waals surface area (Å²) in [4.78, 5) is 39.4.